The third-order valence-corrected chi connectivity index (χ3v) is 3.40. The highest BCUT2D eigenvalue weighted by Crippen LogP contribution is 2.17. The van der Waals surface area contributed by atoms with Crippen molar-refractivity contribution >= 4 is 11.5 Å². The molecule has 1 aromatic carbocycles. The summed E-state index contributed by atoms with van der Waals surface area (Å²) in [4.78, 5) is 6.22. The van der Waals surface area contributed by atoms with Crippen LogP contribution in [0.2, 0.25) is 0 Å². The van der Waals surface area contributed by atoms with E-state index < -0.39 is 0 Å². The molecule has 0 amide bonds. The van der Waals surface area contributed by atoms with Gasteiger partial charge in [-0.05, 0) is 41.8 Å². The van der Waals surface area contributed by atoms with Gasteiger partial charge in [0.25, 0.3) is 0 Å². The van der Waals surface area contributed by atoms with Crippen molar-refractivity contribution in [3.63, 3.8) is 0 Å². The molecule has 5 nitrogen and oxygen atoms in total. The molecule has 5 heteroatoms. The minimum absolute atomic E-state index is 0.0202. The number of nitrogens with two attached hydrogens (primary N) is 1. The molecule has 0 aliphatic heterocycles. The molecule has 21 heavy (non-hydrogen) atoms. The smallest absolute Gasteiger partial charge is 0.188 e. The fraction of sp³-hybridized carbons (Fsp3) is 0.250. The Hall–Kier alpha value is -2.56. The maximum atomic E-state index is 8.70. The van der Waals surface area contributed by atoms with Crippen molar-refractivity contribution in [2.45, 2.75) is 19.9 Å². The summed E-state index contributed by atoms with van der Waals surface area (Å²) in [6, 6.07) is 12.3. The van der Waals surface area contributed by atoms with Gasteiger partial charge in [0.1, 0.15) is 5.69 Å². The molecule has 0 aliphatic carbocycles. The number of benzene rings is 1. The van der Waals surface area contributed by atoms with E-state index in [-0.39, 0.29) is 5.84 Å². The number of nitrogens with zero attached hydrogens (tertiary/aromatic N) is 3. The zero-order chi connectivity index (χ0) is 15.2. The zero-order valence-electron chi connectivity index (χ0n) is 12.3. The van der Waals surface area contributed by atoms with Crippen molar-refractivity contribution in [1.82, 2.24) is 4.98 Å². The van der Waals surface area contributed by atoms with Crippen LogP contribution in [0.15, 0.2) is 47.8 Å². The molecule has 2 rings (SSSR count). The number of amidine groups is 1. The van der Waals surface area contributed by atoms with E-state index in [0.29, 0.717) is 5.69 Å². The lowest BCUT2D eigenvalue weighted by Crippen LogP contribution is -2.18. The molecule has 0 fully saturated rings. The Morgan fingerprint density at radius 2 is 1.95 bits per heavy atom. The number of aryl methyl sites for hydroxylation is 1. The fourth-order valence-corrected chi connectivity index (χ4v) is 2.12. The van der Waals surface area contributed by atoms with Gasteiger partial charge in [0, 0.05) is 25.5 Å². The first-order valence-corrected chi connectivity index (χ1v) is 6.87. The number of anilines is 1. The Bertz CT molecular complexity index is 622. The van der Waals surface area contributed by atoms with Crippen LogP contribution in [0.5, 0.6) is 0 Å². The van der Waals surface area contributed by atoms with Gasteiger partial charge in [0.05, 0.1) is 0 Å². The van der Waals surface area contributed by atoms with E-state index >= 15 is 0 Å². The highest BCUT2D eigenvalue weighted by atomic mass is 16.4. The topological polar surface area (TPSA) is 74.7 Å². The molecule has 3 N–H and O–H groups in total. The summed E-state index contributed by atoms with van der Waals surface area (Å²) in [6.07, 6.45) is 2.70. The number of hydrogen-bond donors (Lipinski definition) is 2. The Labute approximate surface area is 124 Å². The summed E-state index contributed by atoms with van der Waals surface area (Å²) in [5.41, 5.74) is 9.56. The highest BCUT2D eigenvalue weighted by Gasteiger charge is 2.06. The largest absolute Gasteiger partial charge is 0.409 e. The number of hydrogen-bond acceptors (Lipinski definition) is 4. The van der Waals surface area contributed by atoms with Crippen LogP contribution in [-0.2, 0) is 13.0 Å². The Balaban J connectivity index is 2.13. The maximum Gasteiger partial charge on any atom is 0.188 e. The predicted molar refractivity (Wildman–Crippen MR) is 84.7 cm³/mol. The summed E-state index contributed by atoms with van der Waals surface area (Å²) in [7, 11) is 2.03. The van der Waals surface area contributed by atoms with Gasteiger partial charge in [-0.1, -0.05) is 24.2 Å². The molecule has 110 valence electrons. The van der Waals surface area contributed by atoms with Gasteiger partial charge < -0.3 is 15.8 Å². The second kappa shape index (κ2) is 6.74. The SMILES string of the molecule is CCc1ccc(N(C)Cc2ccnc(C(N)=NO)c2)cc1. The van der Waals surface area contributed by atoms with Gasteiger partial charge in [-0.15, -0.1) is 0 Å². The predicted octanol–water partition coefficient (Wildman–Crippen LogP) is 2.37. The molecule has 0 unspecified atom stereocenters. The van der Waals surface area contributed by atoms with E-state index in [1.807, 2.05) is 19.2 Å². The molecule has 1 heterocycles. The summed E-state index contributed by atoms with van der Waals surface area (Å²) >= 11 is 0. The van der Waals surface area contributed by atoms with Crippen LogP contribution in [0.3, 0.4) is 0 Å². The van der Waals surface area contributed by atoms with Gasteiger partial charge in [0.15, 0.2) is 5.84 Å². The van der Waals surface area contributed by atoms with Crippen molar-refractivity contribution in [2.24, 2.45) is 10.9 Å². The summed E-state index contributed by atoms with van der Waals surface area (Å²) < 4.78 is 0. The first-order chi connectivity index (χ1) is 10.1. The van der Waals surface area contributed by atoms with E-state index in [0.717, 1.165) is 24.2 Å². The maximum absolute atomic E-state index is 8.70. The Morgan fingerprint density at radius 3 is 2.57 bits per heavy atom. The Kier molecular flexibility index (Phi) is 4.77. The van der Waals surface area contributed by atoms with Gasteiger partial charge in [0.2, 0.25) is 0 Å². The van der Waals surface area contributed by atoms with Crippen molar-refractivity contribution in [2.75, 3.05) is 11.9 Å². The zero-order valence-corrected chi connectivity index (χ0v) is 12.3. The summed E-state index contributed by atoms with van der Waals surface area (Å²) in [5, 5.41) is 11.7. The number of aromatic nitrogens is 1. The molecule has 0 radical (unpaired) electrons. The summed E-state index contributed by atoms with van der Waals surface area (Å²) in [6.45, 7) is 2.87. The molecule has 0 atom stereocenters. The molecule has 0 spiro atoms. The van der Waals surface area contributed by atoms with Crippen molar-refractivity contribution < 1.29 is 5.21 Å². The van der Waals surface area contributed by atoms with E-state index in [1.165, 1.54) is 5.56 Å². The fourth-order valence-electron chi connectivity index (χ4n) is 2.12. The second-order valence-corrected chi connectivity index (χ2v) is 4.91. The van der Waals surface area contributed by atoms with Crippen LogP contribution in [0.1, 0.15) is 23.7 Å². The van der Waals surface area contributed by atoms with Crippen LogP contribution in [-0.4, -0.2) is 23.1 Å². The lowest BCUT2D eigenvalue weighted by Gasteiger charge is -2.20. The summed E-state index contributed by atoms with van der Waals surface area (Å²) in [5.74, 6) is 0.0202. The molecule has 0 aliphatic rings. The molecule has 0 saturated carbocycles. The number of pyridine rings is 1. The molecule has 0 saturated heterocycles. The third-order valence-electron chi connectivity index (χ3n) is 3.40. The van der Waals surface area contributed by atoms with E-state index in [1.54, 1.807) is 6.20 Å². The lowest BCUT2D eigenvalue weighted by atomic mass is 10.1. The second-order valence-electron chi connectivity index (χ2n) is 4.91. The van der Waals surface area contributed by atoms with Gasteiger partial charge in [-0.3, -0.25) is 4.98 Å². The van der Waals surface area contributed by atoms with Crippen LogP contribution in [0.25, 0.3) is 0 Å². The molecule has 2 aromatic rings. The normalized spacial score (nSPS) is 11.4. The van der Waals surface area contributed by atoms with Crippen LogP contribution < -0.4 is 10.6 Å². The monoisotopic (exact) mass is 284 g/mol. The first kappa shape index (κ1) is 14.8. The Morgan fingerprint density at radius 1 is 1.24 bits per heavy atom. The standard InChI is InChI=1S/C16H20N4O/c1-3-12-4-6-14(7-5-12)20(2)11-13-8-9-18-15(10-13)16(17)19-21/h4-10,21H,3,11H2,1-2H3,(H2,17,19). The molecule has 1 aromatic heterocycles. The van der Waals surface area contributed by atoms with Crippen LogP contribution >= 0.6 is 0 Å². The quantitative estimate of drug-likeness (QED) is 0.382. The minimum Gasteiger partial charge on any atom is -0.409 e. The number of oxime groups is 1. The average Bonchev–Trinajstić information content (AvgIpc) is 2.54. The molecular weight excluding hydrogens is 264 g/mol. The van der Waals surface area contributed by atoms with Gasteiger partial charge in [-0.2, -0.15) is 0 Å². The lowest BCUT2D eigenvalue weighted by molar-refractivity contribution is 0.318. The van der Waals surface area contributed by atoms with Crippen molar-refractivity contribution in [1.29, 1.82) is 0 Å². The number of rotatable bonds is 5. The van der Waals surface area contributed by atoms with E-state index in [9.17, 15) is 0 Å². The van der Waals surface area contributed by atoms with Crippen molar-refractivity contribution in [3.8, 4) is 0 Å². The van der Waals surface area contributed by atoms with Gasteiger partial charge >= 0.3 is 0 Å². The van der Waals surface area contributed by atoms with E-state index in [4.69, 9.17) is 10.9 Å². The highest BCUT2D eigenvalue weighted by molar-refractivity contribution is 5.95. The first-order valence-electron chi connectivity index (χ1n) is 6.87. The van der Waals surface area contributed by atoms with E-state index in [2.05, 4.69) is 46.2 Å². The molecule has 0 bridgehead atoms. The van der Waals surface area contributed by atoms with Crippen molar-refractivity contribution in [3.05, 3.63) is 59.4 Å². The molecular formula is C16H20N4O. The van der Waals surface area contributed by atoms with Crippen LogP contribution in [0.4, 0.5) is 5.69 Å². The van der Waals surface area contributed by atoms with Crippen LogP contribution in [0, 0.1) is 0 Å². The minimum atomic E-state index is 0.0202. The third kappa shape index (κ3) is 3.72. The average molecular weight is 284 g/mol. The van der Waals surface area contributed by atoms with Gasteiger partial charge in [-0.25, -0.2) is 0 Å².